The molecule has 1 heterocycles. The van der Waals surface area contributed by atoms with Gasteiger partial charge in [0.1, 0.15) is 11.7 Å². The first-order valence-corrected chi connectivity index (χ1v) is 7.21. The summed E-state index contributed by atoms with van der Waals surface area (Å²) in [6.45, 7) is 0.506. The Labute approximate surface area is 128 Å². The summed E-state index contributed by atoms with van der Waals surface area (Å²) in [6, 6.07) is 9.90. The SMILES string of the molecule is NCCCC[C@H](NC(=O)c1ccc2ccccc2n1)C(=O)O. The molecule has 0 aliphatic heterocycles. The number of nitrogens with one attached hydrogen (secondary N) is 1. The number of carbonyl (C=O) groups excluding carboxylic acids is 1. The van der Waals surface area contributed by atoms with E-state index in [0.717, 1.165) is 11.8 Å². The van der Waals surface area contributed by atoms with Crippen LogP contribution in [0.5, 0.6) is 0 Å². The number of benzene rings is 1. The lowest BCUT2D eigenvalue weighted by molar-refractivity contribution is -0.139. The van der Waals surface area contributed by atoms with Crippen molar-refractivity contribution in [3.8, 4) is 0 Å². The number of aliphatic carboxylic acids is 1. The van der Waals surface area contributed by atoms with Gasteiger partial charge in [-0.3, -0.25) is 4.79 Å². The standard InChI is InChI=1S/C16H19N3O3/c17-10-4-3-7-14(16(21)22)19-15(20)13-9-8-11-5-1-2-6-12(11)18-13/h1-2,5-6,8-9,14H,3-4,7,10,17H2,(H,19,20)(H,21,22)/t14-/m0/s1. The summed E-state index contributed by atoms with van der Waals surface area (Å²) >= 11 is 0. The molecule has 0 aliphatic carbocycles. The lowest BCUT2D eigenvalue weighted by Gasteiger charge is -2.14. The highest BCUT2D eigenvalue weighted by molar-refractivity contribution is 5.96. The van der Waals surface area contributed by atoms with Crippen molar-refractivity contribution in [2.75, 3.05) is 6.54 Å². The van der Waals surface area contributed by atoms with Crippen LogP contribution in [0.4, 0.5) is 0 Å². The van der Waals surface area contributed by atoms with Crippen molar-refractivity contribution in [2.24, 2.45) is 5.73 Å². The van der Waals surface area contributed by atoms with Crippen LogP contribution in [-0.4, -0.2) is 34.6 Å². The molecule has 2 rings (SSSR count). The predicted molar refractivity (Wildman–Crippen MR) is 83.5 cm³/mol. The van der Waals surface area contributed by atoms with E-state index in [2.05, 4.69) is 10.3 Å². The highest BCUT2D eigenvalue weighted by Crippen LogP contribution is 2.12. The Morgan fingerprint density at radius 3 is 2.68 bits per heavy atom. The molecule has 0 saturated heterocycles. The van der Waals surface area contributed by atoms with Gasteiger partial charge in [-0.1, -0.05) is 24.3 Å². The number of hydrogen-bond donors (Lipinski definition) is 3. The predicted octanol–water partition coefficient (Wildman–Crippen LogP) is 1.55. The lowest BCUT2D eigenvalue weighted by Crippen LogP contribution is -2.41. The zero-order valence-electron chi connectivity index (χ0n) is 12.2. The number of unbranched alkanes of at least 4 members (excludes halogenated alkanes) is 1. The van der Waals surface area contributed by atoms with Crippen LogP contribution in [0.15, 0.2) is 36.4 Å². The van der Waals surface area contributed by atoms with E-state index in [9.17, 15) is 14.7 Å². The van der Waals surface area contributed by atoms with Gasteiger partial charge < -0.3 is 16.2 Å². The molecule has 2 aromatic rings. The molecule has 0 aliphatic rings. The molecule has 6 heteroatoms. The number of hydrogen-bond acceptors (Lipinski definition) is 4. The minimum absolute atomic E-state index is 0.212. The summed E-state index contributed by atoms with van der Waals surface area (Å²) in [5.41, 5.74) is 6.30. The normalized spacial score (nSPS) is 12.0. The highest BCUT2D eigenvalue weighted by Gasteiger charge is 2.20. The zero-order valence-corrected chi connectivity index (χ0v) is 12.2. The third kappa shape index (κ3) is 4.02. The van der Waals surface area contributed by atoms with Crippen LogP contribution in [0.2, 0.25) is 0 Å². The topological polar surface area (TPSA) is 105 Å². The summed E-state index contributed by atoms with van der Waals surface area (Å²) in [6.07, 6.45) is 1.73. The summed E-state index contributed by atoms with van der Waals surface area (Å²) in [5, 5.41) is 12.6. The molecule has 0 unspecified atom stereocenters. The number of rotatable bonds is 7. The fourth-order valence-corrected chi connectivity index (χ4v) is 2.17. The molecule has 6 nitrogen and oxygen atoms in total. The second kappa shape index (κ2) is 7.51. The van der Waals surface area contributed by atoms with Crippen LogP contribution in [0.1, 0.15) is 29.8 Å². The van der Waals surface area contributed by atoms with Gasteiger partial charge in [0, 0.05) is 5.39 Å². The third-order valence-electron chi connectivity index (χ3n) is 3.38. The summed E-state index contributed by atoms with van der Waals surface area (Å²) < 4.78 is 0. The first-order chi connectivity index (χ1) is 10.6. The van der Waals surface area contributed by atoms with Gasteiger partial charge in [0.25, 0.3) is 5.91 Å². The lowest BCUT2D eigenvalue weighted by atomic mass is 10.1. The first kappa shape index (κ1) is 15.9. The van der Waals surface area contributed by atoms with Gasteiger partial charge in [0.2, 0.25) is 0 Å². The summed E-state index contributed by atoms with van der Waals surface area (Å²) in [5.74, 6) is -1.53. The molecule has 116 valence electrons. The molecule has 1 atom stereocenters. The van der Waals surface area contributed by atoms with Crippen LogP contribution in [0, 0.1) is 0 Å². The van der Waals surface area contributed by atoms with E-state index in [4.69, 9.17) is 5.73 Å². The number of fused-ring (bicyclic) bond motifs is 1. The fourth-order valence-electron chi connectivity index (χ4n) is 2.17. The second-order valence-electron chi connectivity index (χ2n) is 5.04. The quantitative estimate of drug-likeness (QED) is 0.673. The number of nitrogens with zero attached hydrogens (tertiary/aromatic N) is 1. The number of aromatic nitrogens is 1. The van der Waals surface area contributed by atoms with Crippen molar-refractivity contribution in [3.05, 3.63) is 42.1 Å². The molecular weight excluding hydrogens is 282 g/mol. The van der Waals surface area contributed by atoms with Gasteiger partial charge in [-0.05, 0) is 37.9 Å². The fraction of sp³-hybridized carbons (Fsp3) is 0.312. The Kier molecular flexibility index (Phi) is 5.43. The molecule has 0 spiro atoms. The Hall–Kier alpha value is -2.47. The second-order valence-corrected chi connectivity index (χ2v) is 5.04. The minimum Gasteiger partial charge on any atom is -0.480 e. The monoisotopic (exact) mass is 301 g/mol. The minimum atomic E-state index is -1.05. The Balaban J connectivity index is 2.09. The van der Waals surface area contributed by atoms with E-state index >= 15 is 0 Å². The van der Waals surface area contributed by atoms with Gasteiger partial charge in [0.05, 0.1) is 5.52 Å². The van der Waals surface area contributed by atoms with Gasteiger partial charge in [0.15, 0.2) is 0 Å². The molecule has 0 saturated carbocycles. The molecule has 22 heavy (non-hydrogen) atoms. The molecule has 0 bridgehead atoms. The maximum Gasteiger partial charge on any atom is 0.326 e. The molecular formula is C16H19N3O3. The molecule has 1 aromatic carbocycles. The number of para-hydroxylation sites is 1. The van der Waals surface area contributed by atoms with Crippen LogP contribution >= 0.6 is 0 Å². The van der Waals surface area contributed by atoms with E-state index in [1.165, 1.54) is 0 Å². The molecule has 1 amide bonds. The number of carbonyl (C=O) groups is 2. The van der Waals surface area contributed by atoms with Crippen LogP contribution in [-0.2, 0) is 4.79 Å². The maximum atomic E-state index is 12.2. The van der Waals surface area contributed by atoms with Gasteiger partial charge in [-0.25, -0.2) is 9.78 Å². The maximum absolute atomic E-state index is 12.2. The largest absolute Gasteiger partial charge is 0.480 e. The zero-order chi connectivity index (χ0) is 15.9. The van der Waals surface area contributed by atoms with Crippen molar-refractivity contribution in [1.29, 1.82) is 0 Å². The van der Waals surface area contributed by atoms with E-state index in [-0.39, 0.29) is 5.69 Å². The van der Waals surface area contributed by atoms with Crippen LogP contribution in [0.3, 0.4) is 0 Å². The molecule has 4 N–H and O–H groups in total. The van der Waals surface area contributed by atoms with Gasteiger partial charge in [-0.2, -0.15) is 0 Å². The molecule has 0 radical (unpaired) electrons. The number of carboxylic acid groups (broad SMARTS) is 1. The van der Waals surface area contributed by atoms with Gasteiger partial charge in [-0.15, -0.1) is 0 Å². The molecule has 1 aromatic heterocycles. The van der Waals surface area contributed by atoms with E-state index in [1.807, 2.05) is 24.3 Å². The smallest absolute Gasteiger partial charge is 0.326 e. The van der Waals surface area contributed by atoms with Crippen LogP contribution < -0.4 is 11.1 Å². The van der Waals surface area contributed by atoms with Crippen molar-refractivity contribution in [1.82, 2.24) is 10.3 Å². The van der Waals surface area contributed by atoms with Crippen molar-refractivity contribution < 1.29 is 14.7 Å². The van der Waals surface area contributed by atoms with Crippen molar-refractivity contribution in [3.63, 3.8) is 0 Å². The van der Waals surface area contributed by atoms with Crippen molar-refractivity contribution in [2.45, 2.75) is 25.3 Å². The number of amides is 1. The first-order valence-electron chi connectivity index (χ1n) is 7.21. The Bertz CT molecular complexity index is 672. The number of pyridine rings is 1. The van der Waals surface area contributed by atoms with Crippen molar-refractivity contribution >= 4 is 22.8 Å². The summed E-state index contributed by atoms with van der Waals surface area (Å²) in [4.78, 5) is 27.6. The van der Waals surface area contributed by atoms with Gasteiger partial charge >= 0.3 is 5.97 Å². The Morgan fingerprint density at radius 1 is 1.18 bits per heavy atom. The number of nitrogens with two attached hydrogens (primary N) is 1. The number of carboxylic acids is 1. The van der Waals surface area contributed by atoms with E-state index in [1.54, 1.807) is 12.1 Å². The summed E-state index contributed by atoms with van der Waals surface area (Å²) in [7, 11) is 0. The highest BCUT2D eigenvalue weighted by atomic mass is 16.4. The van der Waals surface area contributed by atoms with Crippen LogP contribution in [0.25, 0.3) is 10.9 Å². The third-order valence-corrected chi connectivity index (χ3v) is 3.38. The average molecular weight is 301 g/mol. The average Bonchev–Trinajstić information content (AvgIpc) is 2.53. The molecule has 0 fully saturated rings. The Morgan fingerprint density at radius 2 is 1.95 bits per heavy atom. The van der Waals surface area contributed by atoms with E-state index < -0.39 is 17.9 Å². The van der Waals surface area contributed by atoms with E-state index in [0.29, 0.717) is 24.9 Å².